The molecule has 0 fully saturated rings. The van der Waals surface area contributed by atoms with Crippen LogP contribution in [0.3, 0.4) is 0 Å². The summed E-state index contributed by atoms with van der Waals surface area (Å²) in [6.07, 6.45) is 1.48. The molecule has 0 aliphatic rings. The lowest BCUT2D eigenvalue weighted by Gasteiger charge is -2.14. The van der Waals surface area contributed by atoms with Crippen molar-refractivity contribution in [3.05, 3.63) is 89.4 Å². The van der Waals surface area contributed by atoms with E-state index in [1.165, 1.54) is 19.3 Å². The monoisotopic (exact) mass is 656 g/mol. The van der Waals surface area contributed by atoms with Gasteiger partial charge in [0, 0.05) is 10.2 Å². The number of methoxy groups -OCH3 is 1. The van der Waals surface area contributed by atoms with Gasteiger partial charge in [-0.1, -0.05) is 51.3 Å². The molecular formula is C24H16BrCl2IN2O3. The van der Waals surface area contributed by atoms with Gasteiger partial charge in [-0.25, -0.2) is 0 Å². The Labute approximate surface area is 223 Å². The SMILES string of the molecule is COc1cc(/C=C(\C#N)C(=O)Nc2ccc(Cl)c(Cl)c2)cc(I)c1OCc1ccc(Br)cc1. The second-order valence-corrected chi connectivity index (χ2v) is 9.59. The highest BCUT2D eigenvalue weighted by Crippen LogP contribution is 2.35. The van der Waals surface area contributed by atoms with Crippen LogP contribution in [0.2, 0.25) is 10.0 Å². The molecule has 0 saturated carbocycles. The van der Waals surface area contributed by atoms with Crippen molar-refractivity contribution in [3.8, 4) is 17.6 Å². The Morgan fingerprint density at radius 1 is 1.15 bits per heavy atom. The van der Waals surface area contributed by atoms with Crippen molar-refractivity contribution < 1.29 is 14.3 Å². The van der Waals surface area contributed by atoms with Crippen LogP contribution >= 0.6 is 61.7 Å². The summed E-state index contributed by atoms with van der Waals surface area (Å²) in [5, 5.41) is 12.8. The molecule has 1 N–H and O–H groups in total. The molecule has 0 unspecified atom stereocenters. The minimum Gasteiger partial charge on any atom is -0.493 e. The van der Waals surface area contributed by atoms with Crippen LogP contribution in [0.15, 0.2) is 64.6 Å². The number of nitrogens with one attached hydrogen (secondary N) is 1. The molecule has 3 aromatic rings. The van der Waals surface area contributed by atoms with E-state index in [1.54, 1.807) is 18.2 Å². The quantitative estimate of drug-likeness (QED) is 0.162. The second kappa shape index (κ2) is 11.7. The van der Waals surface area contributed by atoms with E-state index >= 15 is 0 Å². The topological polar surface area (TPSA) is 71.3 Å². The zero-order valence-corrected chi connectivity index (χ0v) is 22.4. The number of rotatable bonds is 7. The highest BCUT2D eigenvalue weighted by molar-refractivity contribution is 14.1. The number of amides is 1. The van der Waals surface area contributed by atoms with Crippen LogP contribution < -0.4 is 14.8 Å². The third-order valence-corrected chi connectivity index (χ3v) is 6.47. The molecule has 0 saturated heterocycles. The van der Waals surface area contributed by atoms with Gasteiger partial charge in [-0.15, -0.1) is 0 Å². The molecule has 1 amide bonds. The van der Waals surface area contributed by atoms with Crippen LogP contribution in [0.25, 0.3) is 6.08 Å². The normalized spacial score (nSPS) is 11.0. The third-order valence-electron chi connectivity index (χ3n) is 4.40. The van der Waals surface area contributed by atoms with Crippen molar-refractivity contribution in [1.82, 2.24) is 0 Å². The Hall–Kier alpha value is -2.25. The van der Waals surface area contributed by atoms with Gasteiger partial charge in [0.05, 0.1) is 20.7 Å². The highest BCUT2D eigenvalue weighted by atomic mass is 127. The zero-order chi connectivity index (χ0) is 24.0. The first kappa shape index (κ1) is 25.4. The molecule has 0 aliphatic heterocycles. The van der Waals surface area contributed by atoms with Gasteiger partial charge >= 0.3 is 0 Å². The predicted molar refractivity (Wildman–Crippen MR) is 143 cm³/mol. The summed E-state index contributed by atoms with van der Waals surface area (Å²) >= 11 is 17.4. The number of carbonyl (C=O) groups excluding carboxylic acids is 1. The Kier molecular flexibility index (Phi) is 9.03. The third kappa shape index (κ3) is 6.87. The molecule has 168 valence electrons. The summed E-state index contributed by atoms with van der Waals surface area (Å²) in [6.45, 7) is 0.365. The predicted octanol–water partition coefficient (Wildman–Crippen LogP) is 7.49. The lowest BCUT2D eigenvalue weighted by Crippen LogP contribution is -2.13. The number of nitrogens with zero attached hydrogens (tertiary/aromatic N) is 1. The van der Waals surface area contributed by atoms with Gasteiger partial charge in [-0.2, -0.15) is 5.26 Å². The van der Waals surface area contributed by atoms with Crippen LogP contribution in [-0.4, -0.2) is 13.0 Å². The fourth-order valence-corrected chi connectivity index (χ4v) is 4.13. The lowest BCUT2D eigenvalue weighted by molar-refractivity contribution is -0.112. The van der Waals surface area contributed by atoms with E-state index in [4.69, 9.17) is 32.7 Å². The standard InChI is InChI=1S/C24H16BrCl2IN2O3/c1-32-22-10-15(9-21(28)23(22)33-13-14-2-4-17(25)5-3-14)8-16(12-29)24(31)30-18-6-7-19(26)20(27)11-18/h2-11H,13H2,1H3,(H,30,31)/b16-8+. The molecule has 3 aromatic carbocycles. The highest BCUT2D eigenvalue weighted by Gasteiger charge is 2.15. The van der Waals surface area contributed by atoms with Gasteiger partial charge in [-0.05, 0) is 82.3 Å². The maximum atomic E-state index is 12.6. The molecule has 33 heavy (non-hydrogen) atoms. The summed E-state index contributed by atoms with van der Waals surface area (Å²) in [5.41, 5.74) is 1.97. The smallest absolute Gasteiger partial charge is 0.266 e. The molecule has 0 radical (unpaired) electrons. The number of benzene rings is 3. The first-order chi connectivity index (χ1) is 15.8. The van der Waals surface area contributed by atoms with Gasteiger partial charge in [0.15, 0.2) is 11.5 Å². The molecule has 0 bridgehead atoms. The number of ether oxygens (including phenoxy) is 2. The van der Waals surface area contributed by atoms with Gasteiger partial charge in [0.1, 0.15) is 18.2 Å². The number of halogens is 4. The van der Waals surface area contributed by atoms with Gasteiger partial charge in [0.2, 0.25) is 0 Å². The average Bonchev–Trinajstić information content (AvgIpc) is 2.79. The van der Waals surface area contributed by atoms with Gasteiger partial charge in [0.25, 0.3) is 5.91 Å². The Bertz CT molecular complexity index is 1260. The summed E-state index contributed by atoms with van der Waals surface area (Å²) < 4.78 is 13.2. The fourth-order valence-electron chi connectivity index (χ4n) is 2.79. The Morgan fingerprint density at radius 3 is 2.52 bits per heavy atom. The van der Waals surface area contributed by atoms with Crippen LogP contribution in [0.5, 0.6) is 11.5 Å². The molecule has 0 aliphatic carbocycles. The minimum absolute atomic E-state index is 0.0811. The van der Waals surface area contributed by atoms with E-state index in [0.29, 0.717) is 39.4 Å². The first-order valence-corrected chi connectivity index (χ1v) is 12.1. The van der Waals surface area contributed by atoms with Crippen molar-refractivity contribution in [3.63, 3.8) is 0 Å². The second-order valence-electron chi connectivity index (χ2n) is 6.70. The van der Waals surface area contributed by atoms with Crippen molar-refractivity contribution in [2.45, 2.75) is 6.61 Å². The van der Waals surface area contributed by atoms with Crippen molar-refractivity contribution in [2.75, 3.05) is 12.4 Å². The molecule has 3 rings (SSSR count). The van der Waals surface area contributed by atoms with Crippen molar-refractivity contribution >= 4 is 79.4 Å². The van der Waals surface area contributed by atoms with Gasteiger partial charge < -0.3 is 14.8 Å². The fraction of sp³-hybridized carbons (Fsp3) is 0.0833. The van der Waals surface area contributed by atoms with Crippen LogP contribution in [0.1, 0.15) is 11.1 Å². The largest absolute Gasteiger partial charge is 0.493 e. The van der Waals surface area contributed by atoms with Crippen molar-refractivity contribution in [2.24, 2.45) is 0 Å². The number of hydrogen-bond acceptors (Lipinski definition) is 4. The number of carbonyl (C=O) groups is 1. The number of nitriles is 1. The summed E-state index contributed by atoms with van der Waals surface area (Å²) in [4.78, 5) is 12.6. The van der Waals surface area contributed by atoms with Crippen molar-refractivity contribution in [1.29, 1.82) is 5.26 Å². The number of hydrogen-bond donors (Lipinski definition) is 1. The molecule has 0 aromatic heterocycles. The molecular weight excluding hydrogens is 642 g/mol. The van der Waals surface area contributed by atoms with E-state index in [0.717, 1.165) is 13.6 Å². The van der Waals surface area contributed by atoms with Crippen LogP contribution in [0.4, 0.5) is 5.69 Å². The van der Waals surface area contributed by atoms with Crippen LogP contribution in [-0.2, 0) is 11.4 Å². The van der Waals surface area contributed by atoms with E-state index < -0.39 is 5.91 Å². The van der Waals surface area contributed by atoms with Gasteiger partial charge in [-0.3, -0.25) is 4.79 Å². The molecule has 5 nitrogen and oxygen atoms in total. The molecule has 0 atom stereocenters. The summed E-state index contributed by atoms with van der Waals surface area (Å²) in [6, 6.07) is 18.0. The molecule has 0 heterocycles. The van der Waals surface area contributed by atoms with E-state index in [9.17, 15) is 10.1 Å². The molecule has 9 heteroatoms. The maximum Gasteiger partial charge on any atom is 0.266 e. The first-order valence-electron chi connectivity index (χ1n) is 9.43. The maximum absolute atomic E-state index is 12.6. The minimum atomic E-state index is -0.569. The Balaban J connectivity index is 1.81. The summed E-state index contributed by atoms with van der Waals surface area (Å²) in [7, 11) is 1.54. The van der Waals surface area contributed by atoms with E-state index in [2.05, 4.69) is 43.8 Å². The lowest BCUT2D eigenvalue weighted by atomic mass is 10.1. The Morgan fingerprint density at radius 2 is 1.88 bits per heavy atom. The molecule has 0 spiro atoms. The van der Waals surface area contributed by atoms with E-state index in [-0.39, 0.29) is 5.57 Å². The van der Waals surface area contributed by atoms with Crippen LogP contribution in [0, 0.1) is 14.9 Å². The average molecular weight is 658 g/mol. The van der Waals surface area contributed by atoms with E-state index in [1.807, 2.05) is 36.4 Å². The summed E-state index contributed by atoms with van der Waals surface area (Å²) in [5.74, 6) is 0.504. The number of anilines is 1. The zero-order valence-electron chi connectivity index (χ0n) is 17.2.